The summed E-state index contributed by atoms with van der Waals surface area (Å²) in [5.41, 5.74) is 4.62. The van der Waals surface area contributed by atoms with E-state index < -0.39 is 0 Å². The largest absolute Gasteiger partial charge is 0.504 e. The number of phenolic OH excluding ortho intramolecular Hbond substituents is 1. The molecule has 0 atom stereocenters. The maximum atomic E-state index is 11.6. The van der Waals surface area contributed by atoms with Gasteiger partial charge in [-0.2, -0.15) is 0 Å². The Balaban J connectivity index is 1.56. The van der Waals surface area contributed by atoms with Crippen molar-refractivity contribution >= 4 is 39.7 Å². The number of methoxy groups -OCH3 is 1. The van der Waals surface area contributed by atoms with Gasteiger partial charge in [-0.05, 0) is 98.2 Å². The predicted molar refractivity (Wildman–Crippen MR) is 151 cm³/mol. The summed E-state index contributed by atoms with van der Waals surface area (Å²) in [6.07, 6.45) is 2.77. The molecule has 0 aliphatic heterocycles. The molecule has 3 N–H and O–H groups in total. The number of thiocarbonyl (C=S) groups is 1. The van der Waals surface area contributed by atoms with E-state index in [9.17, 15) is 9.90 Å². The maximum absolute atomic E-state index is 11.6. The van der Waals surface area contributed by atoms with Gasteiger partial charge in [-0.1, -0.05) is 6.07 Å². The van der Waals surface area contributed by atoms with E-state index in [2.05, 4.69) is 15.2 Å². The summed E-state index contributed by atoms with van der Waals surface area (Å²) < 4.78 is 11.0. The molecule has 0 aliphatic rings. The van der Waals surface area contributed by atoms with E-state index in [0.29, 0.717) is 36.1 Å². The fourth-order valence-electron chi connectivity index (χ4n) is 4.14. The molecule has 0 fully saturated rings. The molecule has 0 saturated heterocycles. The zero-order valence-electron chi connectivity index (χ0n) is 21.2. The number of hydrogen-bond acceptors (Lipinski definition) is 5. The summed E-state index contributed by atoms with van der Waals surface area (Å²) >= 11 is 5.82. The highest BCUT2D eigenvalue weighted by Crippen LogP contribution is 2.28. The third kappa shape index (κ3) is 6.40. The summed E-state index contributed by atoms with van der Waals surface area (Å²) in [6, 6.07) is 18.6. The Kier molecular flexibility index (Phi) is 8.30. The summed E-state index contributed by atoms with van der Waals surface area (Å²) in [6.45, 7) is 5.05. The van der Waals surface area contributed by atoms with Crippen molar-refractivity contribution in [2.45, 2.75) is 26.8 Å². The first-order valence-electron chi connectivity index (χ1n) is 12.1. The number of carbonyl (C=O) groups excluding carboxylic acids is 1. The van der Waals surface area contributed by atoms with Crippen molar-refractivity contribution in [3.63, 3.8) is 0 Å². The molecule has 0 amide bonds. The molecule has 0 spiro atoms. The van der Waals surface area contributed by atoms with Crippen molar-refractivity contribution in [1.82, 2.24) is 9.88 Å². The second-order valence-corrected chi connectivity index (χ2v) is 9.08. The van der Waals surface area contributed by atoms with Crippen LogP contribution in [0.25, 0.3) is 10.9 Å². The van der Waals surface area contributed by atoms with Crippen LogP contribution in [0.3, 0.4) is 0 Å². The molecule has 0 aliphatic carbocycles. The van der Waals surface area contributed by atoms with E-state index in [-0.39, 0.29) is 11.5 Å². The van der Waals surface area contributed by atoms with E-state index in [1.165, 1.54) is 0 Å². The second-order valence-electron chi connectivity index (χ2n) is 8.70. The van der Waals surface area contributed by atoms with Crippen LogP contribution in [0.2, 0.25) is 0 Å². The van der Waals surface area contributed by atoms with E-state index in [4.69, 9.17) is 21.7 Å². The van der Waals surface area contributed by atoms with Gasteiger partial charge >= 0.3 is 0 Å². The van der Waals surface area contributed by atoms with Gasteiger partial charge in [0.15, 0.2) is 22.4 Å². The van der Waals surface area contributed by atoms with Gasteiger partial charge in [-0.3, -0.25) is 4.79 Å². The van der Waals surface area contributed by atoms with Crippen LogP contribution in [-0.4, -0.2) is 46.1 Å². The Morgan fingerprint density at radius 1 is 1.11 bits per heavy atom. The minimum Gasteiger partial charge on any atom is -0.504 e. The van der Waals surface area contributed by atoms with E-state index in [1.54, 1.807) is 32.2 Å². The van der Waals surface area contributed by atoms with Crippen LogP contribution in [0.15, 0.2) is 66.9 Å². The standard InChI is InChI=1S/C29H31N3O4S/c1-4-36-28-15-20(5-12-27(28)34)18-32(29(37)31-23-8-6-21(7-9-23)19(2)33)14-13-22-17-30-26-11-10-24(35-3)16-25(22)26/h5-12,15-17,30,34H,4,13-14,18H2,1-3H3,(H,31,37). The molecule has 192 valence electrons. The van der Waals surface area contributed by atoms with Gasteiger partial charge in [-0.15, -0.1) is 0 Å². The third-order valence-electron chi connectivity index (χ3n) is 6.15. The number of ketones is 1. The zero-order chi connectivity index (χ0) is 26.4. The third-order valence-corrected chi connectivity index (χ3v) is 6.51. The maximum Gasteiger partial charge on any atom is 0.173 e. The van der Waals surface area contributed by atoms with Gasteiger partial charge in [0, 0.05) is 41.4 Å². The number of fused-ring (bicyclic) bond motifs is 1. The number of anilines is 1. The lowest BCUT2D eigenvalue weighted by molar-refractivity contribution is 0.101. The highest BCUT2D eigenvalue weighted by atomic mass is 32.1. The second kappa shape index (κ2) is 11.8. The molecule has 0 bridgehead atoms. The number of phenols is 1. The number of nitrogens with zero attached hydrogens (tertiary/aromatic N) is 1. The Morgan fingerprint density at radius 3 is 2.59 bits per heavy atom. The first kappa shape index (κ1) is 26.0. The molecule has 7 nitrogen and oxygen atoms in total. The van der Waals surface area contributed by atoms with Crippen molar-refractivity contribution in [3.05, 3.63) is 83.6 Å². The van der Waals surface area contributed by atoms with Crippen LogP contribution in [0.5, 0.6) is 17.2 Å². The van der Waals surface area contributed by atoms with Gasteiger partial charge in [0.1, 0.15) is 5.75 Å². The molecule has 8 heteroatoms. The van der Waals surface area contributed by atoms with E-state index in [0.717, 1.165) is 39.9 Å². The number of hydrogen-bond donors (Lipinski definition) is 3. The average Bonchev–Trinajstić information content (AvgIpc) is 3.30. The topological polar surface area (TPSA) is 86.8 Å². The Morgan fingerprint density at radius 2 is 1.89 bits per heavy atom. The van der Waals surface area contributed by atoms with Crippen molar-refractivity contribution in [2.24, 2.45) is 0 Å². The molecule has 4 rings (SSSR count). The molecule has 4 aromatic rings. The van der Waals surface area contributed by atoms with Crippen LogP contribution >= 0.6 is 12.2 Å². The fourth-order valence-corrected chi connectivity index (χ4v) is 4.41. The number of aromatic nitrogens is 1. The molecule has 1 aromatic heterocycles. The van der Waals surface area contributed by atoms with Crippen LogP contribution in [0, 0.1) is 0 Å². The summed E-state index contributed by atoms with van der Waals surface area (Å²) in [7, 11) is 1.66. The number of rotatable bonds is 10. The van der Waals surface area contributed by atoms with Crippen LogP contribution in [-0.2, 0) is 13.0 Å². The lowest BCUT2D eigenvalue weighted by atomic mass is 10.1. The minimum atomic E-state index is 0.0172. The van der Waals surface area contributed by atoms with Crippen molar-refractivity contribution in [3.8, 4) is 17.2 Å². The quantitative estimate of drug-likeness (QED) is 0.178. The van der Waals surface area contributed by atoms with Crippen molar-refractivity contribution in [1.29, 1.82) is 0 Å². The summed E-state index contributed by atoms with van der Waals surface area (Å²) in [4.78, 5) is 17.0. The number of aromatic hydroxyl groups is 1. The molecule has 37 heavy (non-hydrogen) atoms. The van der Waals surface area contributed by atoms with Gasteiger partial charge < -0.3 is 29.8 Å². The highest BCUT2D eigenvalue weighted by Gasteiger charge is 2.15. The molecule has 0 unspecified atom stereocenters. The predicted octanol–water partition coefficient (Wildman–Crippen LogP) is 5.93. The van der Waals surface area contributed by atoms with Crippen molar-refractivity contribution in [2.75, 3.05) is 25.6 Å². The smallest absolute Gasteiger partial charge is 0.173 e. The molecular formula is C29H31N3O4S. The Labute approximate surface area is 222 Å². The van der Waals surface area contributed by atoms with Gasteiger partial charge in [-0.25, -0.2) is 0 Å². The van der Waals surface area contributed by atoms with Gasteiger partial charge in [0.25, 0.3) is 0 Å². The van der Waals surface area contributed by atoms with Crippen molar-refractivity contribution < 1.29 is 19.4 Å². The van der Waals surface area contributed by atoms with E-state index in [1.807, 2.05) is 55.6 Å². The number of benzene rings is 3. The summed E-state index contributed by atoms with van der Waals surface area (Å²) in [5, 5.41) is 15.1. The number of ether oxygens (including phenoxy) is 2. The number of nitrogens with one attached hydrogen (secondary N) is 2. The van der Waals surface area contributed by atoms with Crippen LogP contribution in [0.4, 0.5) is 5.69 Å². The first-order chi connectivity index (χ1) is 17.9. The average molecular weight is 518 g/mol. The highest BCUT2D eigenvalue weighted by molar-refractivity contribution is 7.80. The molecular weight excluding hydrogens is 486 g/mol. The first-order valence-corrected chi connectivity index (χ1v) is 12.5. The normalized spacial score (nSPS) is 10.8. The zero-order valence-corrected chi connectivity index (χ0v) is 22.0. The monoisotopic (exact) mass is 517 g/mol. The number of aromatic amines is 1. The Bertz CT molecular complexity index is 1400. The lowest BCUT2D eigenvalue weighted by Crippen LogP contribution is -2.35. The van der Waals surface area contributed by atoms with E-state index >= 15 is 0 Å². The number of carbonyl (C=O) groups is 1. The number of Topliss-reactive ketones (excluding diaryl/α,β-unsaturated/α-hetero) is 1. The SMILES string of the molecule is CCOc1cc(CN(CCc2c[nH]c3ccc(OC)cc23)C(=S)Nc2ccc(C(C)=O)cc2)ccc1O. The van der Waals surface area contributed by atoms with Crippen LogP contribution < -0.4 is 14.8 Å². The van der Waals surface area contributed by atoms with Gasteiger partial charge in [0.2, 0.25) is 0 Å². The fraction of sp³-hybridized carbons (Fsp3) is 0.241. The molecule has 1 heterocycles. The molecule has 3 aromatic carbocycles. The number of H-pyrrole nitrogens is 1. The minimum absolute atomic E-state index is 0.0172. The molecule has 0 saturated carbocycles. The summed E-state index contributed by atoms with van der Waals surface area (Å²) in [5.74, 6) is 1.38. The van der Waals surface area contributed by atoms with Crippen LogP contribution in [0.1, 0.15) is 35.3 Å². The molecule has 0 radical (unpaired) electrons. The lowest BCUT2D eigenvalue weighted by Gasteiger charge is -2.26. The Hall–Kier alpha value is -4.04. The van der Waals surface area contributed by atoms with Gasteiger partial charge in [0.05, 0.1) is 13.7 Å².